The van der Waals surface area contributed by atoms with E-state index in [0.717, 1.165) is 16.7 Å². The molecule has 0 aliphatic carbocycles. The highest BCUT2D eigenvalue weighted by molar-refractivity contribution is 7.80. The fraction of sp³-hybridized carbons (Fsp3) is 0. The van der Waals surface area contributed by atoms with E-state index in [9.17, 15) is 9.59 Å². The topological polar surface area (TPSA) is 62.3 Å². The van der Waals surface area contributed by atoms with Gasteiger partial charge in [0.2, 0.25) is 0 Å². The van der Waals surface area contributed by atoms with Crippen molar-refractivity contribution >= 4 is 52.5 Å². The van der Waals surface area contributed by atoms with Crippen LogP contribution in [0.25, 0.3) is 17.2 Å². The van der Waals surface area contributed by atoms with E-state index in [1.54, 1.807) is 42.7 Å². The Balaban J connectivity index is 1.78. The van der Waals surface area contributed by atoms with E-state index in [0.29, 0.717) is 10.7 Å². The Morgan fingerprint density at radius 2 is 1.66 bits per heavy atom. The van der Waals surface area contributed by atoms with Gasteiger partial charge in [0.15, 0.2) is 5.11 Å². The first-order valence-electron chi connectivity index (χ1n) is 8.71. The van der Waals surface area contributed by atoms with Gasteiger partial charge in [0.1, 0.15) is 5.57 Å². The number of anilines is 1. The summed E-state index contributed by atoms with van der Waals surface area (Å²) in [6.07, 6.45) is 4.97. The maximum Gasteiger partial charge on any atom is 0.270 e. The first kappa shape index (κ1) is 19.0. The molecule has 0 saturated carbocycles. The molecule has 0 unspecified atom stereocenters. The summed E-state index contributed by atoms with van der Waals surface area (Å²) in [4.78, 5) is 31.0. The molecule has 1 N–H and O–H groups in total. The third-order valence-electron chi connectivity index (χ3n) is 4.44. The second kappa shape index (κ2) is 7.95. The quantitative estimate of drug-likeness (QED) is 0.392. The van der Waals surface area contributed by atoms with Crippen LogP contribution in [0, 0.1) is 0 Å². The van der Waals surface area contributed by atoms with Crippen LogP contribution < -0.4 is 10.2 Å². The number of aromatic nitrogens is 1. The second-order valence-electron chi connectivity index (χ2n) is 6.26. The van der Waals surface area contributed by atoms with Gasteiger partial charge >= 0.3 is 0 Å². The number of nitrogens with one attached hydrogen (secondary N) is 1. The van der Waals surface area contributed by atoms with Crippen molar-refractivity contribution in [2.75, 3.05) is 4.90 Å². The zero-order valence-corrected chi connectivity index (χ0v) is 16.6. The normalized spacial score (nSPS) is 15.6. The predicted octanol–water partition coefficient (Wildman–Crippen LogP) is 4.23. The monoisotopic (exact) mass is 419 g/mol. The second-order valence-corrected chi connectivity index (χ2v) is 7.08. The molecule has 3 aromatic rings. The van der Waals surface area contributed by atoms with Crippen LogP contribution in [0.3, 0.4) is 0 Å². The van der Waals surface area contributed by atoms with Gasteiger partial charge in [-0.3, -0.25) is 24.8 Å². The minimum atomic E-state index is -0.533. The van der Waals surface area contributed by atoms with Gasteiger partial charge in [0.05, 0.1) is 5.69 Å². The summed E-state index contributed by atoms with van der Waals surface area (Å²) in [5.74, 6) is -1.03. The van der Waals surface area contributed by atoms with Crippen molar-refractivity contribution in [3.63, 3.8) is 0 Å². The van der Waals surface area contributed by atoms with E-state index in [-0.39, 0.29) is 10.7 Å². The Morgan fingerprint density at radius 3 is 2.38 bits per heavy atom. The molecule has 0 atom stereocenters. The minimum Gasteiger partial charge on any atom is -0.298 e. The SMILES string of the molecule is O=C1NC(=S)N(c2ccc(Cl)cc2)C(=O)C1=Cc1ccccc1-c1ccncc1. The molecule has 0 bridgehead atoms. The van der Waals surface area contributed by atoms with Crippen LogP contribution in [-0.2, 0) is 9.59 Å². The first-order valence-corrected chi connectivity index (χ1v) is 9.49. The van der Waals surface area contributed by atoms with E-state index in [2.05, 4.69) is 10.3 Å². The fourth-order valence-corrected chi connectivity index (χ4v) is 3.46. The Kier molecular flexibility index (Phi) is 5.20. The van der Waals surface area contributed by atoms with Gasteiger partial charge < -0.3 is 0 Å². The average molecular weight is 420 g/mol. The molecule has 4 rings (SSSR count). The van der Waals surface area contributed by atoms with Crippen LogP contribution in [-0.4, -0.2) is 21.9 Å². The molecule has 0 spiro atoms. The van der Waals surface area contributed by atoms with Gasteiger partial charge in [-0.05, 0) is 71.4 Å². The number of hydrogen-bond acceptors (Lipinski definition) is 4. The summed E-state index contributed by atoms with van der Waals surface area (Å²) < 4.78 is 0. The van der Waals surface area contributed by atoms with Gasteiger partial charge in [-0.1, -0.05) is 35.9 Å². The zero-order valence-electron chi connectivity index (χ0n) is 15.0. The van der Waals surface area contributed by atoms with E-state index in [1.165, 1.54) is 4.90 Å². The van der Waals surface area contributed by atoms with Gasteiger partial charge in [0, 0.05) is 17.4 Å². The van der Waals surface area contributed by atoms with Gasteiger partial charge in [-0.25, -0.2) is 0 Å². The van der Waals surface area contributed by atoms with Crippen molar-refractivity contribution in [2.24, 2.45) is 0 Å². The van der Waals surface area contributed by atoms with Crippen molar-refractivity contribution in [1.29, 1.82) is 0 Å². The standard InChI is InChI=1S/C22H14ClN3O2S/c23-16-5-7-17(8-6-16)26-21(28)19(20(27)25-22(26)29)13-15-3-1-2-4-18(15)14-9-11-24-12-10-14/h1-13H,(H,25,27,29). The smallest absolute Gasteiger partial charge is 0.270 e. The summed E-state index contributed by atoms with van der Waals surface area (Å²) in [6.45, 7) is 0. The number of pyridine rings is 1. The molecule has 1 aliphatic rings. The van der Waals surface area contributed by atoms with Gasteiger partial charge in [-0.2, -0.15) is 0 Å². The molecule has 1 saturated heterocycles. The van der Waals surface area contributed by atoms with Crippen molar-refractivity contribution < 1.29 is 9.59 Å². The molecular formula is C22H14ClN3O2S. The lowest BCUT2D eigenvalue weighted by Crippen LogP contribution is -2.54. The summed E-state index contributed by atoms with van der Waals surface area (Å²) in [6, 6.07) is 17.9. The van der Waals surface area contributed by atoms with E-state index in [4.69, 9.17) is 23.8 Å². The van der Waals surface area contributed by atoms with Gasteiger partial charge in [-0.15, -0.1) is 0 Å². The van der Waals surface area contributed by atoms with Crippen molar-refractivity contribution in [1.82, 2.24) is 10.3 Å². The molecule has 0 radical (unpaired) electrons. The highest BCUT2D eigenvalue weighted by Crippen LogP contribution is 2.27. The average Bonchev–Trinajstić information content (AvgIpc) is 2.73. The summed E-state index contributed by atoms with van der Waals surface area (Å²) in [5.41, 5.74) is 3.07. The van der Waals surface area contributed by atoms with Crippen molar-refractivity contribution in [3.8, 4) is 11.1 Å². The molecule has 1 fully saturated rings. The van der Waals surface area contributed by atoms with Crippen LogP contribution in [0.4, 0.5) is 5.69 Å². The largest absolute Gasteiger partial charge is 0.298 e. The Morgan fingerprint density at radius 1 is 0.966 bits per heavy atom. The molecule has 2 aromatic carbocycles. The molecule has 29 heavy (non-hydrogen) atoms. The number of hydrogen-bond donors (Lipinski definition) is 1. The minimum absolute atomic E-state index is 0.00458. The molecule has 5 nitrogen and oxygen atoms in total. The third-order valence-corrected chi connectivity index (χ3v) is 4.98. The fourth-order valence-electron chi connectivity index (χ4n) is 3.05. The number of carbonyl (C=O) groups is 2. The number of halogens is 1. The molecule has 2 amide bonds. The lowest BCUT2D eigenvalue weighted by Gasteiger charge is -2.29. The highest BCUT2D eigenvalue weighted by Gasteiger charge is 2.34. The molecular weight excluding hydrogens is 406 g/mol. The molecule has 7 heteroatoms. The number of amides is 2. The van der Waals surface area contributed by atoms with Crippen molar-refractivity contribution in [2.45, 2.75) is 0 Å². The molecule has 142 valence electrons. The molecule has 1 aromatic heterocycles. The third kappa shape index (κ3) is 3.81. The Bertz CT molecular complexity index is 1140. The molecule has 1 aliphatic heterocycles. The first-order chi connectivity index (χ1) is 14.0. The number of nitrogens with zero attached hydrogens (tertiary/aromatic N) is 2. The number of rotatable bonds is 3. The maximum atomic E-state index is 13.2. The molecule has 2 heterocycles. The zero-order chi connectivity index (χ0) is 20.4. The number of benzene rings is 2. The van der Waals surface area contributed by atoms with E-state index in [1.807, 2.05) is 36.4 Å². The Labute approximate surface area is 177 Å². The summed E-state index contributed by atoms with van der Waals surface area (Å²) in [7, 11) is 0. The predicted molar refractivity (Wildman–Crippen MR) is 117 cm³/mol. The van der Waals surface area contributed by atoms with Crippen LogP contribution in [0.5, 0.6) is 0 Å². The summed E-state index contributed by atoms with van der Waals surface area (Å²) >= 11 is 11.2. The van der Waals surface area contributed by atoms with E-state index < -0.39 is 11.8 Å². The maximum absolute atomic E-state index is 13.2. The van der Waals surface area contributed by atoms with E-state index >= 15 is 0 Å². The highest BCUT2D eigenvalue weighted by atomic mass is 35.5. The van der Waals surface area contributed by atoms with Crippen LogP contribution in [0.15, 0.2) is 78.6 Å². The van der Waals surface area contributed by atoms with Gasteiger partial charge in [0.25, 0.3) is 11.8 Å². The summed E-state index contributed by atoms with van der Waals surface area (Å²) in [5, 5.41) is 3.16. The number of carbonyl (C=O) groups excluding carboxylic acids is 2. The Hall–Kier alpha value is -3.35. The van der Waals surface area contributed by atoms with Crippen molar-refractivity contribution in [3.05, 3.63) is 89.2 Å². The van der Waals surface area contributed by atoms with Crippen LogP contribution >= 0.6 is 23.8 Å². The number of thiocarbonyl (C=S) groups is 1. The lowest BCUT2D eigenvalue weighted by atomic mass is 9.98. The lowest BCUT2D eigenvalue weighted by molar-refractivity contribution is -0.122. The van der Waals surface area contributed by atoms with Crippen LogP contribution in [0.2, 0.25) is 5.02 Å². The van der Waals surface area contributed by atoms with Crippen LogP contribution in [0.1, 0.15) is 5.56 Å².